The van der Waals surface area contributed by atoms with Gasteiger partial charge in [0.05, 0.1) is 19.1 Å². The molecule has 2 aromatic heterocycles. The Labute approximate surface area is 155 Å². The first-order valence-corrected chi connectivity index (χ1v) is 9.33. The van der Waals surface area contributed by atoms with E-state index in [2.05, 4.69) is 9.97 Å². The summed E-state index contributed by atoms with van der Waals surface area (Å²) < 4.78 is 37.3. The molecule has 142 valence electrons. The van der Waals surface area contributed by atoms with E-state index >= 15 is 0 Å². The first-order valence-electron chi connectivity index (χ1n) is 7.89. The summed E-state index contributed by atoms with van der Waals surface area (Å²) in [6.07, 6.45) is 2.81. The van der Waals surface area contributed by atoms with Gasteiger partial charge in [-0.2, -0.15) is 4.98 Å². The third-order valence-corrected chi connectivity index (χ3v) is 5.65. The Kier molecular flexibility index (Phi) is 5.00. The lowest BCUT2D eigenvalue weighted by Gasteiger charge is -2.08. The highest BCUT2D eigenvalue weighted by molar-refractivity contribution is 7.90. The Morgan fingerprint density at radius 3 is 2.48 bits per heavy atom. The average Bonchev–Trinajstić information content (AvgIpc) is 3.05. The molecule has 0 unspecified atom stereocenters. The summed E-state index contributed by atoms with van der Waals surface area (Å²) in [7, 11) is -1.11. The lowest BCUT2D eigenvalue weighted by Crippen LogP contribution is -2.12. The normalized spacial score (nSPS) is 11.5. The van der Waals surface area contributed by atoms with Crippen LogP contribution < -0.4 is 9.47 Å². The van der Waals surface area contributed by atoms with Crippen molar-refractivity contribution >= 4 is 27.0 Å². The molecule has 0 fully saturated rings. The van der Waals surface area contributed by atoms with E-state index in [1.54, 1.807) is 12.1 Å². The number of methoxy groups -OCH3 is 2. The second-order valence-corrected chi connectivity index (χ2v) is 7.43. The fraction of sp³-hybridized carbons (Fsp3) is 0.235. The van der Waals surface area contributed by atoms with Crippen LogP contribution in [0.15, 0.2) is 41.6 Å². The van der Waals surface area contributed by atoms with Crippen LogP contribution >= 0.6 is 0 Å². The first kappa shape index (κ1) is 18.6. The highest BCUT2D eigenvalue weighted by Crippen LogP contribution is 2.27. The van der Waals surface area contributed by atoms with Gasteiger partial charge in [-0.3, -0.25) is 4.79 Å². The van der Waals surface area contributed by atoms with Gasteiger partial charge in [0, 0.05) is 24.2 Å². The quantitative estimate of drug-likeness (QED) is 0.646. The number of hydrogen-bond acceptors (Lipinski definition) is 7. The van der Waals surface area contributed by atoms with E-state index in [1.807, 2.05) is 0 Å². The molecule has 2 heterocycles. The maximum Gasteiger partial charge on any atom is 0.318 e. The summed E-state index contributed by atoms with van der Waals surface area (Å²) in [5.74, 6) is -0.458. The number of aliphatic carboxylic acids is 1. The third kappa shape index (κ3) is 3.56. The van der Waals surface area contributed by atoms with Crippen LogP contribution in [0, 0.1) is 0 Å². The smallest absolute Gasteiger partial charge is 0.318 e. The molecule has 0 spiro atoms. The van der Waals surface area contributed by atoms with Crippen LogP contribution in [0.4, 0.5) is 0 Å². The zero-order valence-corrected chi connectivity index (χ0v) is 15.4. The van der Waals surface area contributed by atoms with Crippen LogP contribution in [0.2, 0.25) is 0 Å². The van der Waals surface area contributed by atoms with E-state index in [9.17, 15) is 13.2 Å². The molecular formula is C17H17N3O6S. The Balaban J connectivity index is 2.17. The van der Waals surface area contributed by atoms with Crippen LogP contribution in [-0.2, 0) is 21.2 Å². The van der Waals surface area contributed by atoms with Crippen molar-refractivity contribution < 1.29 is 27.8 Å². The summed E-state index contributed by atoms with van der Waals surface area (Å²) in [4.78, 5) is 19.1. The van der Waals surface area contributed by atoms with Gasteiger partial charge in [-0.05, 0) is 36.2 Å². The Bertz CT molecular complexity index is 1090. The molecule has 0 amide bonds. The van der Waals surface area contributed by atoms with Gasteiger partial charge in [0.1, 0.15) is 5.75 Å². The summed E-state index contributed by atoms with van der Waals surface area (Å²) in [5, 5.41) is 9.39. The molecule has 0 saturated carbocycles. The van der Waals surface area contributed by atoms with Crippen molar-refractivity contribution in [1.29, 1.82) is 0 Å². The monoisotopic (exact) mass is 391 g/mol. The van der Waals surface area contributed by atoms with E-state index < -0.39 is 16.0 Å². The lowest BCUT2D eigenvalue weighted by atomic mass is 10.1. The van der Waals surface area contributed by atoms with Crippen molar-refractivity contribution in [3.05, 3.63) is 42.2 Å². The van der Waals surface area contributed by atoms with Crippen LogP contribution in [0.25, 0.3) is 11.0 Å². The number of carbonyl (C=O) groups is 1. The van der Waals surface area contributed by atoms with Gasteiger partial charge in [0.25, 0.3) is 10.0 Å². The van der Waals surface area contributed by atoms with Crippen LogP contribution in [0.3, 0.4) is 0 Å². The fourth-order valence-corrected chi connectivity index (χ4v) is 3.95. The molecule has 3 aromatic rings. The predicted octanol–water partition coefficient (Wildman–Crippen LogP) is 1.70. The number of benzene rings is 1. The minimum Gasteiger partial charge on any atom is -0.497 e. The number of nitrogens with zero attached hydrogens (tertiary/aromatic N) is 3. The van der Waals surface area contributed by atoms with Crippen molar-refractivity contribution in [3.8, 4) is 11.8 Å². The summed E-state index contributed by atoms with van der Waals surface area (Å²) >= 11 is 0. The SMILES string of the molecule is COc1ccc(S(=O)(=O)n2cc(CCC(=O)O)c3cnc(OC)nc32)cc1. The van der Waals surface area contributed by atoms with Crippen molar-refractivity contribution in [3.63, 3.8) is 0 Å². The molecule has 1 aromatic carbocycles. The molecular weight excluding hydrogens is 374 g/mol. The average molecular weight is 391 g/mol. The first-order chi connectivity index (χ1) is 12.9. The van der Waals surface area contributed by atoms with Gasteiger partial charge in [0.2, 0.25) is 0 Å². The van der Waals surface area contributed by atoms with Crippen LogP contribution in [-0.4, -0.2) is 47.7 Å². The van der Waals surface area contributed by atoms with Crippen molar-refractivity contribution in [2.75, 3.05) is 14.2 Å². The minimum absolute atomic E-state index is 0.0107. The molecule has 0 aliphatic heterocycles. The minimum atomic E-state index is -3.97. The highest BCUT2D eigenvalue weighted by Gasteiger charge is 2.23. The molecule has 0 aliphatic carbocycles. The van der Waals surface area contributed by atoms with Gasteiger partial charge >= 0.3 is 12.0 Å². The Morgan fingerprint density at radius 1 is 1.19 bits per heavy atom. The molecule has 0 saturated heterocycles. The predicted molar refractivity (Wildman–Crippen MR) is 95.6 cm³/mol. The standard InChI is InChI=1S/C17H17N3O6S/c1-25-12-4-6-13(7-5-12)27(23,24)20-10-11(3-8-15(21)22)14-9-18-17(26-2)19-16(14)20/h4-7,9-10H,3,8H2,1-2H3,(H,21,22). The van der Waals surface area contributed by atoms with Gasteiger partial charge in [-0.1, -0.05) is 0 Å². The number of ether oxygens (including phenoxy) is 2. The highest BCUT2D eigenvalue weighted by atomic mass is 32.2. The largest absolute Gasteiger partial charge is 0.497 e. The van der Waals surface area contributed by atoms with Crippen molar-refractivity contribution in [1.82, 2.24) is 13.9 Å². The molecule has 9 nitrogen and oxygen atoms in total. The second kappa shape index (κ2) is 7.23. The number of fused-ring (bicyclic) bond motifs is 1. The van der Waals surface area contributed by atoms with E-state index in [1.165, 1.54) is 38.7 Å². The fourth-order valence-electron chi connectivity index (χ4n) is 2.61. The molecule has 0 radical (unpaired) electrons. The molecule has 10 heteroatoms. The number of carboxylic acids is 1. The molecule has 1 N–H and O–H groups in total. The lowest BCUT2D eigenvalue weighted by molar-refractivity contribution is -0.136. The molecule has 0 bridgehead atoms. The molecule has 3 rings (SSSR count). The number of rotatable bonds is 7. The summed E-state index contributed by atoms with van der Waals surface area (Å²) in [6.45, 7) is 0. The van der Waals surface area contributed by atoms with Gasteiger partial charge in [-0.15, -0.1) is 0 Å². The van der Waals surface area contributed by atoms with Crippen LogP contribution in [0.1, 0.15) is 12.0 Å². The third-order valence-electron chi connectivity index (χ3n) is 3.98. The summed E-state index contributed by atoms with van der Waals surface area (Å²) in [5.41, 5.74) is 0.644. The van der Waals surface area contributed by atoms with Gasteiger partial charge < -0.3 is 14.6 Å². The van der Waals surface area contributed by atoms with Crippen molar-refractivity contribution in [2.24, 2.45) is 0 Å². The van der Waals surface area contributed by atoms with Crippen molar-refractivity contribution in [2.45, 2.75) is 17.7 Å². The van der Waals surface area contributed by atoms with E-state index in [-0.39, 0.29) is 29.4 Å². The molecule has 0 atom stereocenters. The molecule has 27 heavy (non-hydrogen) atoms. The Hall–Kier alpha value is -3.14. The number of hydrogen-bond donors (Lipinski definition) is 1. The van der Waals surface area contributed by atoms with Gasteiger partial charge in [0.15, 0.2) is 5.65 Å². The maximum absolute atomic E-state index is 13.1. The summed E-state index contributed by atoms with van der Waals surface area (Å²) in [6, 6.07) is 5.94. The van der Waals surface area contributed by atoms with Gasteiger partial charge in [-0.25, -0.2) is 17.4 Å². The topological polar surface area (TPSA) is 121 Å². The zero-order chi connectivity index (χ0) is 19.6. The Morgan fingerprint density at radius 2 is 1.89 bits per heavy atom. The zero-order valence-electron chi connectivity index (χ0n) is 14.6. The number of aromatic nitrogens is 3. The number of carboxylic acid groups (broad SMARTS) is 1. The number of aryl methyl sites for hydroxylation is 1. The van der Waals surface area contributed by atoms with E-state index in [0.717, 1.165) is 3.97 Å². The van der Waals surface area contributed by atoms with Crippen LogP contribution in [0.5, 0.6) is 11.8 Å². The second-order valence-electron chi connectivity index (χ2n) is 5.62. The molecule has 0 aliphatic rings. The van der Waals surface area contributed by atoms with E-state index in [4.69, 9.17) is 14.6 Å². The maximum atomic E-state index is 13.1. The van der Waals surface area contributed by atoms with E-state index in [0.29, 0.717) is 16.7 Å².